The van der Waals surface area contributed by atoms with Crippen LogP contribution in [0.15, 0.2) is 22.7 Å². The number of hydrogen-bond donors (Lipinski definition) is 1. The largest absolute Gasteiger partial charge is 0.314 e. The highest BCUT2D eigenvalue weighted by Crippen LogP contribution is 2.29. The lowest BCUT2D eigenvalue weighted by Crippen LogP contribution is -2.45. The monoisotopic (exact) mass is 354 g/mol. The summed E-state index contributed by atoms with van der Waals surface area (Å²) in [5, 5.41) is 3.25. The summed E-state index contributed by atoms with van der Waals surface area (Å²) in [4.78, 5) is 2.15. The van der Waals surface area contributed by atoms with E-state index >= 15 is 0 Å². The number of benzene rings is 1. The fraction of sp³-hybridized carbons (Fsp3) is 0.538. The van der Waals surface area contributed by atoms with Crippen molar-refractivity contribution in [3.05, 3.63) is 34.1 Å². The van der Waals surface area contributed by atoms with Crippen LogP contribution in [0.1, 0.15) is 18.0 Å². The highest BCUT2D eigenvalue weighted by molar-refractivity contribution is 9.10. The molecule has 1 atom stereocenters. The molecule has 0 radical (unpaired) electrons. The average molecular weight is 356 g/mol. The topological polar surface area (TPSA) is 15.3 Å². The van der Waals surface area contributed by atoms with Crippen molar-refractivity contribution in [3.8, 4) is 0 Å². The molecule has 1 heterocycles. The van der Waals surface area contributed by atoms with Crippen molar-refractivity contribution in [3.63, 3.8) is 0 Å². The lowest BCUT2D eigenvalue weighted by Gasteiger charge is -2.35. The number of piperazine rings is 1. The molecule has 1 aliphatic rings. The summed E-state index contributed by atoms with van der Waals surface area (Å²) in [6.07, 6.45) is 0.341. The Labute approximate surface area is 127 Å². The van der Waals surface area contributed by atoms with Gasteiger partial charge in [0.15, 0.2) is 0 Å². The maximum absolute atomic E-state index is 13.9. The van der Waals surface area contributed by atoms with Gasteiger partial charge >= 0.3 is 0 Å². The second-order valence-electron chi connectivity index (χ2n) is 4.45. The molecule has 6 heteroatoms. The number of hydrogen-bond acceptors (Lipinski definition) is 2. The van der Waals surface area contributed by atoms with E-state index in [4.69, 9.17) is 0 Å². The zero-order chi connectivity index (χ0) is 13.0. The molecule has 19 heavy (non-hydrogen) atoms. The first-order valence-corrected chi connectivity index (χ1v) is 6.97. The van der Waals surface area contributed by atoms with Gasteiger partial charge in [0.25, 0.3) is 0 Å². The van der Waals surface area contributed by atoms with Gasteiger partial charge in [-0.05, 0) is 24.6 Å². The minimum atomic E-state index is -0.430. The van der Waals surface area contributed by atoms with Crippen LogP contribution in [0, 0.1) is 5.82 Å². The SMILES string of the molecule is Cl.FCC[C@H](c1cc(Br)ccc1F)N1CCNCC1. The maximum Gasteiger partial charge on any atom is 0.128 e. The molecule has 2 nitrogen and oxygen atoms in total. The standard InChI is InChI=1S/C13H17BrF2N2.ClH/c14-10-1-2-12(16)11(9-10)13(3-4-15)18-7-5-17-6-8-18;/h1-2,9,13,17H,3-8H2;1H/t13-;/m1./s1. The molecule has 1 N–H and O–H groups in total. The first-order valence-electron chi connectivity index (χ1n) is 6.18. The Balaban J connectivity index is 0.00000180. The number of nitrogens with one attached hydrogen (secondary N) is 1. The Morgan fingerprint density at radius 3 is 2.63 bits per heavy atom. The van der Waals surface area contributed by atoms with Gasteiger partial charge in [0.2, 0.25) is 0 Å². The summed E-state index contributed by atoms with van der Waals surface area (Å²) in [6.45, 7) is 2.98. The Morgan fingerprint density at radius 2 is 2.00 bits per heavy atom. The van der Waals surface area contributed by atoms with Crippen LogP contribution < -0.4 is 5.32 Å². The van der Waals surface area contributed by atoms with Gasteiger partial charge in [-0.3, -0.25) is 9.29 Å². The molecule has 1 fully saturated rings. The number of halogens is 4. The average Bonchev–Trinajstić information content (AvgIpc) is 2.40. The molecule has 1 aromatic carbocycles. The van der Waals surface area contributed by atoms with E-state index in [1.165, 1.54) is 6.07 Å². The second kappa shape index (κ2) is 8.15. The molecule has 1 saturated heterocycles. The van der Waals surface area contributed by atoms with Crippen LogP contribution in [0.4, 0.5) is 8.78 Å². The zero-order valence-corrected chi connectivity index (χ0v) is 12.9. The molecule has 1 aliphatic heterocycles. The zero-order valence-electron chi connectivity index (χ0n) is 10.5. The quantitative estimate of drug-likeness (QED) is 0.891. The van der Waals surface area contributed by atoms with E-state index in [0.29, 0.717) is 12.0 Å². The summed E-state index contributed by atoms with van der Waals surface area (Å²) in [5.74, 6) is -0.254. The Morgan fingerprint density at radius 1 is 1.32 bits per heavy atom. The molecule has 0 aliphatic carbocycles. The van der Waals surface area contributed by atoms with E-state index in [1.54, 1.807) is 12.1 Å². The van der Waals surface area contributed by atoms with Gasteiger partial charge < -0.3 is 5.32 Å². The Hall–Kier alpha value is -0.230. The first kappa shape index (κ1) is 16.8. The van der Waals surface area contributed by atoms with E-state index in [2.05, 4.69) is 26.1 Å². The fourth-order valence-corrected chi connectivity index (χ4v) is 2.78. The van der Waals surface area contributed by atoms with Gasteiger partial charge in [0.1, 0.15) is 5.82 Å². The van der Waals surface area contributed by atoms with Crippen LogP contribution in [-0.4, -0.2) is 37.8 Å². The van der Waals surface area contributed by atoms with Crippen molar-refractivity contribution >= 4 is 28.3 Å². The van der Waals surface area contributed by atoms with Crippen LogP contribution in [-0.2, 0) is 0 Å². The molecule has 0 unspecified atom stereocenters. The molecular formula is C13H18BrClF2N2. The van der Waals surface area contributed by atoms with Crippen LogP contribution in [0.2, 0.25) is 0 Å². The van der Waals surface area contributed by atoms with Crippen LogP contribution in [0.5, 0.6) is 0 Å². The molecule has 0 saturated carbocycles. The normalized spacial score (nSPS) is 17.8. The van der Waals surface area contributed by atoms with Crippen LogP contribution in [0.3, 0.4) is 0 Å². The first-order chi connectivity index (χ1) is 8.72. The summed E-state index contributed by atoms with van der Waals surface area (Å²) in [7, 11) is 0. The summed E-state index contributed by atoms with van der Waals surface area (Å²) in [6, 6.07) is 4.70. The van der Waals surface area contributed by atoms with E-state index < -0.39 is 6.67 Å². The molecule has 0 amide bonds. The van der Waals surface area contributed by atoms with E-state index in [-0.39, 0.29) is 24.3 Å². The van der Waals surface area contributed by atoms with Crippen molar-refractivity contribution in [2.45, 2.75) is 12.5 Å². The molecular weight excluding hydrogens is 338 g/mol. The predicted molar refractivity (Wildman–Crippen MR) is 79.1 cm³/mol. The van der Waals surface area contributed by atoms with Gasteiger partial charge in [0, 0.05) is 42.3 Å². The van der Waals surface area contributed by atoms with Crippen molar-refractivity contribution in [2.75, 3.05) is 32.9 Å². The lowest BCUT2D eigenvalue weighted by molar-refractivity contribution is 0.154. The Kier molecular flexibility index (Phi) is 7.21. The third-order valence-corrected chi connectivity index (χ3v) is 3.79. The summed E-state index contributed by atoms with van der Waals surface area (Å²) < 4.78 is 27.5. The smallest absolute Gasteiger partial charge is 0.128 e. The van der Waals surface area contributed by atoms with Gasteiger partial charge in [-0.2, -0.15) is 0 Å². The molecule has 0 spiro atoms. The maximum atomic E-state index is 13.9. The van der Waals surface area contributed by atoms with E-state index in [1.807, 2.05) is 0 Å². The van der Waals surface area contributed by atoms with Crippen LogP contribution >= 0.6 is 28.3 Å². The molecule has 1 aromatic rings. The number of alkyl halides is 1. The molecule has 0 bridgehead atoms. The molecule has 0 aromatic heterocycles. The minimum Gasteiger partial charge on any atom is -0.314 e. The lowest BCUT2D eigenvalue weighted by atomic mass is 10.0. The number of nitrogens with zero attached hydrogens (tertiary/aromatic N) is 1. The minimum absolute atomic E-state index is 0. The highest BCUT2D eigenvalue weighted by atomic mass is 79.9. The molecule has 108 valence electrons. The third-order valence-electron chi connectivity index (χ3n) is 3.29. The van der Waals surface area contributed by atoms with Crippen molar-refractivity contribution in [1.29, 1.82) is 0 Å². The van der Waals surface area contributed by atoms with Gasteiger partial charge in [-0.25, -0.2) is 4.39 Å². The van der Waals surface area contributed by atoms with Gasteiger partial charge in [-0.1, -0.05) is 15.9 Å². The Bertz CT molecular complexity index is 400. The summed E-state index contributed by atoms with van der Waals surface area (Å²) >= 11 is 3.35. The van der Waals surface area contributed by atoms with Crippen molar-refractivity contribution in [1.82, 2.24) is 10.2 Å². The van der Waals surface area contributed by atoms with Crippen molar-refractivity contribution in [2.24, 2.45) is 0 Å². The fourth-order valence-electron chi connectivity index (χ4n) is 2.40. The third kappa shape index (κ3) is 4.38. The predicted octanol–water partition coefficient (Wildman–Crippen LogP) is 3.32. The van der Waals surface area contributed by atoms with E-state index in [9.17, 15) is 8.78 Å². The van der Waals surface area contributed by atoms with Gasteiger partial charge in [-0.15, -0.1) is 12.4 Å². The van der Waals surface area contributed by atoms with E-state index in [0.717, 1.165) is 30.7 Å². The molecule has 2 rings (SSSR count). The second-order valence-corrected chi connectivity index (χ2v) is 5.36. The van der Waals surface area contributed by atoms with Crippen LogP contribution in [0.25, 0.3) is 0 Å². The number of rotatable bonds is 4. The highest BCUT2D eigenvalue weighted by Gasteiger charge is 2.24. The summed E-state index contributed by atoms with van der Waals surface area (Å²) in [5.41, 5.74) is 0.587. The van der Waals surface area contributed by atoms with Gasteiger partial charge in [0.05, 0.1) is 6.67 Å². The van der Waals surface area contributed by atoms with Crippen molar-refractivity contribution < 1.29 is 8.78 Å².